The zero-order valence-electron chi connectivity index (χ0n) is 17.7. The lowest BCUT2D eigenvalue weighted by Gasteiger charge is -2.35. The van der Waals surface area contributed by atoms with Crippen LogP contribution in [0.4, 0.5) is 0 Å². The predicted octanol–water partition coefficient (Wildman–Crippen LogP) is 2.16. The van der Waals surface area contributed by atoms with Crippen LogP contribution >= 0.6 is 0 Å². The maximum atomic E-state index is 12.9. The molecule has 3 heterocycles. The van der Waals surface area contributed by atoms with E-state index in [1.165, 1.54) is 18.4 Å². The van der Waals surface area contributed by atoms with E-state index in [0.29, 0.717) is 24.9 Å². The molecule has 0 saturated carbocycles. The van der Waals surface area contributed by atoms with Gasteiger partial charge in [-0.2, -0.15) is 0 Å². The summed E-state index contributed by atoms with van der Waals surface area (Å²) in [5, 5.41) is 0. The molecule has 4 rings (SSSR count). The molecule has 0 radical (unpaired) electrons. The van der Waals surface area contributed by atoms with Gasteiger partial charge in [-0.3, -0.25) is 4.79 Å². The van der Waals surface area contributed by atoms with Gasteiger partial charge in [-0.15, -0.1) is 0 Å². The quantitative estimate of drug-likeness (QED) is 0.623. The number of amides is 1. The molecular formula is C21H27N5O3S. The van der Waals surface area contributed by atoms with Crippen LogP contribution < -0.4 is 0 Å². The van der Waals surface area contributed by atoms with Crippen LogP contribution in [-0.4, -0.2) is 58.3 Å². The number of nitrogens with zero attached hydrogens (tertiary/aromatic N) is 5. The van der Waals surface area contributed by atoms with Crippen LogP contribution in [0.3, 0.4) is 0 Å². The highest BCUT2D eigenvalue weighted by molar-refractivity contribution is 7.89. The third kappa shape index (κ3) is 3.41. The van der Waals surface area contributed by atoms with E-state index in [0.717, 1.165) is 23.6 Å². The second-order valence-electron chi connectivity index (χ2n) is 7.91. The summed E-state index contributed by atoms with van der Waals surface area (Å²) < 4.78 is 30.1. The number of benzene rings is 1. The molecule has 1 aliphatic rings. The summed E-state index contributed by atoms with van der Waals surface area (Å²) in [6.07, 6.45) is 2.92. The van der Waals surface area contributed by atoms with Gasteiger partial charge in [0.15, 0.2) is 0 Å². The monoisotopic (exact) mass is 429 g/mol. The smallest absolute Gasteiger partial charge is 0.242 e. The third-order valence-corrected chi connectivity index (χ3v) is 7.76. The minimum Gasteiger partial charge on any atom is -0.348 e. The molecule has 8 nitrogen and oxygen atoms in total. The molecule has 3 aromatic rings. The maximum absolute atomic E-state index is 12.9. The van der Waals surface area contributed by atoms with Crippen LogP contribution in [0.5, 0.6) is 0 Å². The predicted molar refractivity (Wildman–Crippen MR) is 114 cm³/mol. The van der Waals surface area contributed by atoms with Crippen LogP contribution in [0.15, 0.2) is 41.4 Å². The lowest BCUT2D eigenvalue weighted by atomic mass is 10.1. The Bertz CT molecular complexity index is 1210. The third-order valence-electron chi connectivity index (χ3n) is 5.95. The topological polar surface area (TPSA) is 80.4 Å². The SMILES string of the molecule is C[C@H]1c2cccn2CCN1C(=O)CCc1nc2cc(S(=O)(=O)N(C)C)ccc2n1C. The number of hydrogen-bond donors (Lipinski definition) is 0. The average Bonchev–Trinajstić information content (AvgIpc) is 3.31. The first-order valence-corrected chi connectivity index (χ1v) is 11.5. The lowest BCUT2D eigenvalue weighted by molar-refractivity contribution is -0.134. The number of aromatic nitrogens is 3. The second kappa shape index (κ2) is 7.55. The van der Waals surface area contributed by atoms with Gasteiger partial charge in [0.25, 0.3) is 0 Å². The summed E-state index contributed by atoms with van der Waals surface area (Å²) in [6.45, 7) is 3.58. The molecular weight excluding hydrogens is 402 g/mol. The van der Waals surface area contributed by atoms with E-state index in [1.807, 2.05) is 22.6 Å². The summed E-state index contributed by atoms with van der Waals surface area (Å²) in [6, 6.07) is 9.10. The molecule has 30 heavy (non-hydrogen) atoms. The molecule has 1 atom stereocenters. The molecule has 0 spiro atoms. The zero-order valence-corrected chi connectivity index (χ0v) is 18.6. The first kappa shape index (κ1) is 20.6. The number of imidazole rings is 1. The molecule has 0 saturated heterocycles. The van der Waals surface area contributed by atoms with E-state index in [2.05, 4.69) is 28.7 Å². The van der Waals surface area contributed by atoms with Crippen molar-refractivity contribution in [3.8, 4) is 0 Å². The Morgan fingerprint density at radius 3 is 2.73 bits per heavy atom. The highest BCUT2D eigenvalue weighted by Gasteiger charge is 2.27. The first-order chi connectivity index (χ1) is 14.2. The Labute approximate surface area is 176 Å². The Morgan fingerprint density at radius 1 is 1.23 bits per heavy atom. The highest BCUT2D eigenvalue weighted by atomic mass is 32.2. The number of fused-ring (bicyclic) bond motifs is 2. The van der Waals surface area contributed by atoms with E-state index in [-0.39, 0.29) is 16.8 Å². The Balaban J connectivity index is 1.52. The number of carbonyl (C=O) groups excluding carboxylic acids is 1. The number of hydrogen-bond acceptors (Lipinski definition) is 4. The molecule has 0 fully saturated rings. The van der Waals surface area contributed by atoms with Crippen molar-refractivity contribution < 1.29 is 13.2 Å². The molecule has 0 aliphatic carbocycles. The minimum atomic E-state index is -3.52. The normalized spacial score (nSPS) is 17.0. The van der Waals surface area contributed by atoms with Crippen LogP contribution in [0, 0.1) is 0 Å². The van der Waals surface area contributed by atoms with E-state index < -0.39 is 10.0 Å². The lowest BCUT2D eigenvalue weighted by Crippen LogP contribution is -2.40. The fraction of sp³-hybridized carbons (Fsp3) is 0.429. The molecule has 1 aromatic carbocycles. The van der Waals surface area contributed by atoms with Crippen LogP contribution in [0.2, 0.25) is 0 Å². The number of sulfonamides is 1. The number of aryl methyl sites for hydroxylation is 2. The van der Waals surface area contributed by atoms with Crippen molar-refractivity contribution in [2.75, 3.05) is 20.6 Å². The molecule has 0 bridgehead atoms. The van der Waals surface area contributed by atoms with Crippen LogP contribution in [0.25, 0.3) is 11.0 Å². The molecule has 0 N–H and O–H groups in total. The van der Waals surface area contributed by atoms with Gasteiger partial charge in [0.05, 0.1) is 22.0 Å². The molecule has 160 valence electrons. The van der Waals surface area contributed by atoms with E-state index >= 15 is 0 Å². The molecule has 1 aliphatic heterocycles. The summed E-state index contributed by atoms with van der Waals surface area (Å²) in [5.74, 6) is 0.878. The second-order valence-corrected chi connectivity index (χ2v) is 10.1. The Morgan fingerprint density at radius 2 is 2.00 bits per heavy atom. The molecule has 0 unspecified atom stereocenters. The minimum absolute atomic E-state index is 0.0560. The molecule has 2 aromatic heterocycles. The number of rotatable bonds is 5. The fourth-order valence-electron chi connectivity index (χ4n) is 4.11. The van der Waals surface area contributed by atoms with Crippen molar-refractivity contribution in [3.63, 3.8) is 0 Å². The maximum Gasteiger partial charge on any atom is 0.242 e. The average molecular weight is 430 g/mol. The van der Waals surface area contributed by atoms with Gasteiger partial charge in [0.1, 0.15) is 5.82 Å². The van der Waals surface area contributed by atoms with Gasteiger partial charge in [0.2, 0.25) is 15.9 Å². The molecule has 9 heteroatoms. The van der Waals surface area contributed by atoms with Gasteiger partial charge >= 0.3 is 0 Å². The van der Waals surface area contributed by atoms with Crippen molar-refractivity contribution in [2.24, 2.45) is 7.05 Å². The van der Waals surface area contributed by atoms with Gasteiger partial charge in [-0.1, -0.05) is 0 Å². The Hall–Kier alpha value is -2.65. The standard InChI is InChI=1S/C21H27N5O3S/c1-15-18-6-5-11-25(18)12-13-26(15)21(27)10-9-20-22-17-14-16(30(28,29)23(2)3)7-8-19(17)24(20)4/h5-8,11,14-15H,9-10,12-13H2,1-4H3/t15-/m0/s1. The van der Waals surface area contributed by atoms with Crippen molar-refractivity contribution in [3.05, 3.63) is 48.0 Å². The van der Waals surface area contributed by atoms with Crippen molar-refractivity contribution in [2.45, 2.75) is 37.2 Å². The number of carbonyl (C=O) groups is 1. The van der Waals surface area contributed by atoms with E-state index in [9.17, 15) is 13.2 Å². The van der Waals surface area contributed by atoms with Gasteiger partial charge < -0.3 is 14.0 Å². The summed E-state index contributed by atoms with van der Waals surface area (Å²) in [4.78, 5) is 19.7. The Kier molecular flexibility index (Phi) is 5.19. The van der Waals surface area contributed by atoms with E-state index in [4.69, 9.17) is 0 Å². The fourth-order valence-corrected chi connectivity index (χ4v) is 5.03. The van der Waals surface area contributed by atoms with Gasteiger partial charge in [-0.05, 0) is 37.3 Å². The zero-order chi connectivity index (χ0) is 21.6. The van der Waals surface area contributed by atoms with Crippen molar-refractivity contribution >= 4 is 27.0 Å². The summed E-state index contributed by atoms with van der Waals surface area (Å²) >= 11 is 0. The van der Waals surface area contributed by atoms with E-state index in [1.54, 1.807) is 18.2 Å². The van der Waals surface area contributed by atoms with Crippen LogP contribution in [-0.2, 0) is 34.8 Å². The molecule has 1 amide bonds. The summed E-state index contributed by atoms with van der Waals surface area (Å²) in [7, 11) is 1.39. The van der Waals surface area contributed by atoms with Gasteiger partial charge in [-0.25, -0.2) is 17.7 Å². The van der Waals surface area contributed by atoms with Crippen molar-refractivity contribution in [1.29, 1.82) is 0 Å². The van der Waals surface area contributed by atoms with Crippen molar-refractivity contribution in [1.82, 2.24) is 23.3 Å². The first-order valence-electron chi connectivity index (χ1n) is 10.0. The highest BCUT2D eigenvalue weighted by Crippen LogP contribution is 2.26. The largest absolute Gasteiger partial charge is 0.348 e. The summed E-state index contributed by atoms with van der Waals surface area (Å²) in [5.41, 5.74) is 2.62. The van der Waals surface area contributed by atoms with Gasteiger partial charge in [0, 0.05) is 59.0 Å². The van der Waals surface area contributed by atoms with Crippen LogP contribution in [0.1, 0.15) is 30.9 Å².